The van der Waals surface area contributed by atoms with Gasteiger partial charge in [-0.15, -0.1) is 6.58 Å². The molecule has 2 atom stereocenters. The highest BCUT2D eigenvalue weighted by atomic mass is 32.2. The first-order valence-corrected chi connectivity index (χ1v) is 7.32. The normalized spacial score (nSPS) is 22.4. The molecule has 2 rings (SSSR count). The highest BCUT2D eigenvalue weighted by Crippen LogP contribution is 2.24. The molecule has 98 valence electrons. The van der Waals surface area contributed by atoms with E-state index in [1.807, 2.05) is 34.6 Å². The summed E-state index contributed by atoms with van der Waals surface area (Å²) in [6, 6.07) is 7.65. The third-order valence-corrected chi connectivity index (χ3v) is 4.80. The minimum Gasteiger partial charge on any atom is -0.497 e. The monoisotopic (exact) mass is 265 g/mol. The molecule has 2 unspecified atom stereocenters. The molecule has 0 saturated carbocycles. The number of hydrogen-bond donors (Lipinski definition) is 0. The third kappa shape index (κ3) is 2.82. The van der Waals surface area contributed by atoms with E-state index in [9.17, 15) is 4.21 Å². The van der Waals surface area contributed by atoms with E-state index >= 15 is 0 Å². The van der Waals surface area contributed by atoms with E-state index in [1.54, 1.807) is 7.11 Å². The maximum absolute atomic E-state index is 12.5. The molecule has 0 spiro atoms. The summed E-state index contributed by atoms with van der Waals surface area (Å²) in [4.78, 5) is 0.824. The largest absolute Gasteiger partial charge is 0.497 e. The molecule has 0 amide bonds. The molecule has 1 heterocycles. The van der Waals surface area contributed by atoms with Crippen LogP contribution < -0.4 is 4.74 Å². The molecule has 4 heteroatoms. The van der Waals surface area contributed by atoms with Crippen LogP contribution in [-0.2, 0) is 11.0 Å². The predicted octanol–water partition coefficient (Wildman–Crippen LogP) is 2.76. The summed E-state index contributed by atoms with van der Waals surface area (Å²) < 4.78 is 19.7. The Morgan fingerprint density at radius 2 is 2.11 bits per heavy atom. The maximum Gasteiger partial charge on any atom is 0.128 e. The van der Waals surface area contributed by atoms with Gasteiger partial charge in [0, 0.05) is 12.6 Å². The van der Waals surface area contributed by atoms with Gasteiger partial charge in [-0.3, -0.25) is 0 Å². The Kier molecular flexibility index (Phi) is 4.55. The van der Waals surface area contributed by atoms with Crippen molar-refractivity contribution in [2.24, 2.45) is 0 Å². The Hall–Kier alpha value is -1.13. The molecule has 1 aromatic carbocycles. The van der Waals surface area contributed by atoms with Gasteiger partial charge < -0.3 is 4.74 Å². The van der Waals surface area contributed by atoms with E-state index in [0.29, 0.717) is 0 Å². The van der Waals surface area contributed by atoms with E-state index in [-0.39, 0.29) is 6.04 Å². The third-order valence-electron chi connectivity index (χ3n) is 3.24. The van der Waals surface area contributed by atoms with Crippen molar-refractivity contribution in [1.82, 2.24) is 4.31 Å². The minimum atomic E-state index is -1.10. The van der Waals surface area contributed by atoms with Gasteiger partial charge in [0.05, 0.1) is 12.0 Å². The van der Waals surface area contributed by atoms with Crippen LogP contribution in [0.15, 0.2) is 41.8 Å². The van der Waals surface area contributed by atoms with Crippen molar-refractivity contribution < 1.29 is 8.95 Å². The van der Waals surface area contributed by atoms with Crippen molar-refractivity contribution in [2.45, 2.75) is 30.2 Å². The topological polar surface area (TPSA) is 29.5 Å². The second kappa shape index (κ2) is 6.16. The number of benzene rings is 1. The number of piperidine rings is 1. The molecule has 1 saturated heterocycles. The summed E-state index contributed by atoms with van der Waals surface area (Å²) in [5, 5.41) is 0. The molecule has 0 N–H and O–H groups in total. The van der Waals surface area contributed by atoms with Gasteiger partial charge in [0.15, 0.2) is 0 Å². The zero-order chi connectivity index (χ0) is 13.0. The fourth-order valence-electron chi connectivity index (χ4n) is 2.20. The molecule has 1 aromatic rings. The first-order valence-electron chi connectivity index (χ1n) is 6.21. The van der Waals surface area contributed by atoms with Crippen molar-refractivity contribution >= 4 is 11.0 Å². The Morgan fingerprint density at radius 1 is 1.39 bits per heavy atom. The highest BCUT2D eigenvalue weighted by Gasteiger charge is 2.25. The van der Waals surface area contributed by atoms with Gasteiger partial charge in [0.2, 0.25) is 0 Å². The van der Waals surface area contributed by atoms with Gasteiger partial charge in [0.1, 0.15) is 16.7 Å². The van der Waals surface area contributed by atoms with Crippen molar-refractivity contribution in [3.05, 3.63) is 36.9 Å². The van der Waals surface area contributed by atoms with E-state index in [4.69, 9.17) is 4.74 Å². The van der Waals surface area contributed by atoms with Gasteiger partial charge in [-0.25, -0.2) is 8.51 Å². The molecule has 1 aliphatic rings. The van der Waals surface area contributed by atoms with Crippen LogP contribution in [0.3, 0.4) is 0 Å². The predicted molar refractivity (Wildman–Crippen MR) is 73.9 cm³/mol. The summed E-state index contributed by atoms with van der Waals surface area (Å²) >= 11 is 0. The highest BCUT2D eigenvalue weighted by molar-refractivity contribution is 7.82. The molecule has 0 aromatic heterocycles. The summed E-state index contributed by atoms with van der Waals surface area (Å²) in [5.41, 5.74) is 0. The van der Waals surface area contributed by atoms with E-state index in [0.717, 1.165) is 30.0 Å². The summed E-state index contributed by atoms with van der Waals surface area (Å²) in [6.45, 7) is 4.71. The lowest BCUT2D eigenvalue weighted by molar-refractivity contribution is 0.306. The average molecular weight is 265 g/mol. The van der Waals surface area contributed by atoms with Crippen molar-refractivity contribution in [2.75, 3.05) is 13.7 Å². The van der Waals surface area contributed by atoms with Crippen LogP contribution in [0, 0.1) is 0 Å². The van der Waals surface area contributed by atoms with Crippen molar-refractivity contribution in [3.63, 3.8) is 0 Å². The molecule has 0 radical (unpaired) electrons. The summed E-state index contributed by atoms with van der Waals surface area (Å²) in [6.07, 6.45) is 5.24. The van der Waals surface area contributed by atoms with Gasteiger partial charge in [-0.1, -0.05) is 12.5 Å². The molecule has 0 aliphatic carbocycles. The first kappa shape index (κ1) is 13.3. The minimum absolute atomic E-state index is 0.224. The lowest BCUT2D eigenvalue weighted by atomic mass is 10.1. The van der Waals surface area contributed by atoms with Crippen LogP contribution in [0.5, 0.6) is 5.75 Å². The quantitative estimate of drug-likeness (QED) is 0.783. The fraction of sp³-hybridized carbons (Fsp3) is 0.429. The Morgan fingerprint density at radius 3 is 2.72 bits per heavy atom. The Balaban J connectivity index is 2.15. The zero-order valence-electron chi connectivity index (χ0n) is 10.7. The van der Waals surface area contributed by atoms with Gasteiger partial charge in [-0.05, 0) is 37.1 Å². The number of methoxy groups -OCH3 is 1. The zero-order valence-corrected chi connectivity index (χ0v) is 11.5. The lowest BCUT2D eigenvalue weighted by Gasteiger charge is -2.32. The van der Waals surface area contributed by atoms with Crippen molar-refractivity contribution in [3.8, 4) is 5.75 Å². The molecule has 3 nitrogen and oxygen atoms in total. The smallest absolute Gasteiger partial charge is 0.128 e. The molecule has 18 heavy (non-hydrogen) atoms. The second-order valence-electron chi connectivity index (χ2n) is 4.36. The average Bonchev–Trinajstić information content (AvgIpc) is 2.46. The summed E-state index contributed by atoms with van der Waals surface area (Å²) in [7, 11) is 0.526. The lowest BCUT2D eigenvalue weighted by Crippen LogP contribution is -2.39. The SMILES string of the molecule is C=CC1CCCCN1S(=O)c1ccc(OC)cc1. The van der Waals surface area contributed by atoms with Crippen LogP contribution >= 0.6 is 0 Å². The number of hydrogen-bond acceptors (Lipinski definition) is 2. The van der Waals surface area contributed by atoms with Crippen LogP contribution in [0.2, 0.25) is 0 Å². The van der Waals surface area contributed by atoms with Crippen LogP contribution in [0.25, 0.3) is 0 Å². The van der Waals surface area contributed by atoms with Crippen LogP contribution in [0.1, 0.15) is 19.3 Å². The number of ether oxygens (including phenoxy) is 1. The molecular formula is C14H19NO2S. The Bertz CT molecular complexity index is 430. The molecule has 0 bridgehead atoms. The second-order valence-corrected chi connectivity index (χ2v) is 5.80. The standard InChI is InChI=1S/C14H19NO2S/c1-3-12-6-4-5-11-15(12)18(16)14-9-7-13(17-2)8-10-14/h3,7-10,12H,1,4-6,11H2,2H3. The van der Waals surface area contributed by atoms with E-state index in [2.05, 4.69) is 6.58 Å². The van der Waals surface area contributed by atoms with Gasteiger partial charge in [-0.2, -0.15) is 0 Å². The van der Waals surface area contributed by atoms with Crippen LogP contribution in [-0.4, -0.2) is 28.2 Å². The maximum atomic E-state index is 12.5. The van der Waals surface area contributed by atoms with Crippen molar-refractivity contribution in [1.29, 1.82) is 0 Å². The van der Waals surface area contributed by atoms with E-state index < -0.39 is 11.0 Å². The fourth-order valence-corrected chi connectivity index (χ4v) is 3.57. The van der Waals surface area contributed by atoms with Gasteiger partial charge >= 0.3 is 0 Å². The van der Waals surface area contributed by atoms with Gasteiger partial charge in [0.25, 0.3) is 0 Å². The van der Waals surface area contributed by atoms with Crippen LogP contribution in [0.4, 0.5) is 0 Å². The first-order chi connectivity index (χ1) is 8.76. The van der Waals surface area contributed by atoms with E-state index in [1.165, 1.54) is 6.42 Å². The summed E-state index contributed by atoms with van der Waals surface area (Å²) in [5.74, 6) is 0.787. The molecule has 1 fully saturated rings. The number of rotatable bonds is 4. The number of nitrogens with zero attached hydrogens (tertiary/aromatic N) is 1. The molecular weight excluding hydrogens is 246 g/mol. The Labute approximate surface area is 111 Å². The molecule has 1 aliphatic heterocycles.